The minimum absolute atomic E-state index is 0.0980. The van der Waals surface area contributed by atoms with Gasteiger partial charge in [0.1, 0.15) is 5.54 Å². The molecule has 0 saturated heterocycles. The molecule has 1 aliphatic rings. The average molecular weight is 231 g/mol. The zero-order valence-electron chi connectivity index (χ0n) is 8.43. The summed E-state index contributed by atoms with van der Waals surface area (Å²) in [7, 11) is 0. The van der Waals surface area contributed by atoms with E-state index in [1.807, 2.05) is 0 Å². The summed E-state index contributed by atoms with van der Waals surface area (Å²) in [5.74, 6) is 0. The maximum Gasteiger partial charge on any atom is 0.411 e. The molecular weight excluding hydrogens is 219 g/mol. The summed E-state index contributed by atoms with van der Waals surface area (Å²) in [6.45, 7) is 0. The van der Waals surface area contributed by atoms with E-state index >= 15 is 0 Å². The van der Waals surface area contributed by atoms with Crippen LogP contribution in [0.4, 0.5) is 30.2 Å². The van der Waals surface area contributed by atoms with Gasteiger partial charge in [-0.2, -0.15) is 13.2 Å². The number of nitrogens with two attached hydrogens (primary N) is 2. The summed E-state index contributed by atoms with van der Waals surface area (Å²) < 4.78 is 37.9. The van der Waals surface area contributed by atoms with Crippen molar-refractivity contribution in [1.29, 1.82) is 0 Å². The van der Waals surface area contributed by atoms with Crippen molar-refractivity contribution >= 4 is 17.1 Å². The van der Waals surface area contributed by atoms with Crippen molar-refractivity contribution in [1.82, 2.24) is 0 Å². The van der Waals surface area contributed by atoms with Gasteiger partial charge in [-0.15, -0.1) is 0 Å². The van der Waals surface area contributed by atoms with E-state index in [0.717, 1.165) is 0 Å². The molecule has 0 amide bonds. The smallest absolute Gasteiger partial charge is 0.397 e. The number of nitrogen functional groups attached to an aromatic ring is 2. The molecule has 16 heavy (non-hydrogen) atoms. The third kappa shape index (κ3) is 1.75. The Kier molecular flexibility index (Phi) is 2.18. The highest BCUT2D eigenvalue weighted by Gasteiger charge is 2.63. The van der Waals surface area contributed by atoms with E-state index in [1.54, 1.807) is 0 Å². The molecule has 1 fully saturated rings. The first kappa shape index (κ1) is 10.9. The SMILES string of the molecule is Nc1ccc(NC2(C(F)(F)F)CC2)cc1N. The second-order valence-electron chi connectivity index (χ2n) is 4.05. The van der Waals surface area contributed by atoms with Crippen LogP contribution in [0.3, 0.4) is 0 Å². The van der Waals surface area contributed by atoms with Crippen LogP contribution in [0.1, 0.15) is 12.8 Å². The molecule has 1 aromatic carbocycles. The van der Waals surface area contributed by atoms with Gasteiger partial charge in [0.05, 0.1) is 11.4 Å². The first-order valence-corrected chi connectivity index (χ1v) is 4.84. The van der Waals surface area contributed by atoms with E-state index in [4.69, 9.17) is 11.5 Å². The third-order valence-electron chi connectivity index (χ3n) is 2.76. The standard InChI is InChI=1S/C10H12F3N3/c11-10(12,13)9(3-4-9)16-6-1-2-7(14)8(15)5-6/h1-2,5,16H,3-4,14-15H2. The molecule has 1 aromatic rings. The second kappa shape index (κ2) is 3.20. The molecule has 0 spiro atoms. The summed E-state index contributed by atoms with van der Waals surface area (Å²) in [6.07, 6.45) is -4.04. The molecule has 6 heteroatoms. The molecule has 0 radical (unpaired) electrons. The fourth-order valence-electron chi connectivity index (χ4n) is 1.53. The predicted octanol–water partition coefficient (Wildman–Crippen LogP) is 2.36. The molecule has 0 unspecified atom stereocenters. The number of alkyl halides is 3. The number of rotatable bonds is 2. The molecule has 88 valence electrons. The van der Waals surface area contributed by atoms with Crippen molar-refractivity contribution in [3.8, 4) is 0 Å². The zero-order chi connectivity index (χ0) is 12.0. The largest absolute Gasteiger partial charge is 0.411 e. The number of anilines is 3. The summed E-state index contributed by atoms with van der Waals surface area (Å²) in [6, 6.07) is 4.41. The average Bonchev–Trinajstić information content (AvgIpc) is 2.91. The molecule has 1 saturated carbocycles. The molecule has 1 aliphatic carbocycles. The normalized spacial score (nSPS) is 18.2. The molecule has 3 nitrogen and oxygen atoms in total. The van der Waals surface area contributed by atoms with Gasteiger partial charge in [0, 0.05) is 5.69 Å². The van der Waals surface area contributed by atoms with Crippen molar-refractivity contribution < 1.29 is 13.2 Å². The minimum atomic E-state index is -4.23. The molecule has 0 aliphatic heterocycles. The maximum absolute atomic E-state index is 12.6. The van der Waals surface area contributed by atoms with Gasteiger partial charge in [0.2, 0.25) is 0 Å². The Balaban J connectivity index is 2.19. The van der Waals surface area contributed by atoms with Gasteiger partial charge >= 0.3 is 6.18 Å². The molecule has 0 bridgehead atoms. The van der Waals surface area contributed by atoms with Gasteiger partial charge in [-0.1, -0.05) is 0 Å². The van der Waals surface area contributed by atoms with Gasteiger partial charge in [-0.25, -0.2) is 0 Å². The first-order valence-electron chi connectivity index (χ1n) is 4.84. The molecular formula is C10H12F3N3. The van der Waals surface area contributed by atoms with Gasteiger partial charge in [0.25, 0.3) is 0 Å². The topological polar surface area (TPSA) is 64.1 Å². The van der Waals surface area contributed by atoms with Crippen LogP contribution in [0.25, 0.3) is 0 Å². The van der Waals surface area contributed by atoms with Crippen LogP contribution in [0.5, 0.6) is 0 Å². The lowest BCUT2D eigenvalue weighted by molar-refractivity contribution is -0.151. The summed E-state index contributed by atoms with van der Waals surface area (Å²) >= 11 is 0. The Morgan fingerprint density at radius 2 is 1.75 bits per heavy atom. The Hall–Kier alpha value is -1.59. The Morgan fingerprint density at radius 3 is 2.19 bits per heavy atom. The quantitative estimate of drug-likeness (QED) is 0.684. The van der Waals surface area contributed by atoms with Crippen molar-refractivity contribution in [2.24, 2.45) is 0 Å². The van der Waals surface area contributed by atoms with E-state index in [9.17, 15) is 13.2 Å². The monoisotopic (exact) mass is 231 g/mol. The number of benzene rings is 1. The number of nitrogens with one attached hydrogen (secondary N) is 1. The van der Waals surface area contributed by atoms with Crippen LogP contribution in [-0.4, -0.2) is 11.7 Å². The predicted molar refractivity (Wildman–Crippen MR) is 56.9 cm³/mol. The highest BCUT2D eigenvalue weighted by molar-refractivity contribution is 5.70. The Labute approximate surface area is 90.6 Å². The van der Waals surface area contributed by atoms with Gasteiger partial charge in [-0.05, 0) is 31.0 Å². The fourth-order valence-corrected chi connectivity index (χ4v) is 1.53. The second-order valence-corrected chi connectivity index (χ2v) is 4.05. The van der Waals surface area contributed by atoms with Crippen LogP contribution in [-0.2, 0) is 0 Å². The Morgan fingerprint density at radius 1 is 1.12 bits per heavy atom. The van der Waals surface area contributed by atoms with E-state index in [-0.39, 0.29) is 18.5 Å². The molecule has 5 N–H and O–H groups in total. The summed E-state index contributed by atoms with van der Waals surface area (Å²) in [4.78, 5) is 0. The van der Waals surface area contributed by atoms with Crippen LogP contribution in [0.2, 0.25) is 0 Å². The lowest BCUT2D eigenvalue weighted by atomic mass is 10.2. The lowest BCUT2D eigenvalue weighted by Crippen LogP contribution is -2.38. The van der Waals surface area contributed by atoms with Gasteiger partial charge < -0.3 is 16.8 Å². The summed E-state index contributed by atoms with van der Waals surface area (Å²) in [5, 5.41) is 2.48. The van der Waals surface area contributed by atoms with E-state index < -0.39 is 11.7 Å². The number of halogens is 3. The van der Waals surface area contributed by atoms with Gasteiger partial charge in [-0.3, -0.25) is 0 Å². The molecule has 2 rings (SSSR count). The van der Waals surface area contributed by atoms with Crippen molar-refractivity contribution in [2.45, 2.75) is 24.6 Å². The minimum Gasteiger partial charge on any atom is -0.397 e. The number of hydrogen-bond acceptors (Lipinski definition) is 3. The fraction of sp³-hybridized carbons (Fsp3) is 0.400. The molecule has 0 atom stereocenters. The Bertz CT molecular complexity index is 410. The number of hydrogen-bond donors (Lipinski definition) is 3. The summed E-state index contributed by atoms with van der Waals surface area (Å²) in [5.41, 5.74) is 10.2. The van der Waals surface area contributed by atoms with Crippen LogP contribution in [0.15, 0.2) is 18.2 Å². The van der Waals surface area contributed by atoms with E-state index in [2.05, 4.69) is 5.32 Å². The van der Waals surface area contributed by atoms with E-state index in [0.29, 0.717) is 11.4 Å². The highest BCUT2D eigenvalue weighted by Crippen LogP contribution is 2.51. The molecule has 0 aromatic heterocycles. The zero-order valence-corrected chi connectivity index (χ0v) is 8.43. The maximum atomic E-state index is 12.6. The van der Waals surface area contributed by atoms with Crippen molar-refractivity contribution in [3.05, 3.63) is 18.2 Å². The van der Waals surface area contributed by atoms with Crippen LogP contribution >= 0.6 is 0 Å². The lowest BCUT2D eigenvalue weighted by Gasteiger charge is -2.22. The van der Waals surface area contributed by atoms with Gasteiger partial charge in [0.15, 0.2) is 0 Å². The third-order valence-corrected chi connectivity index (χ3v) is 2.76. The van der Waals surface area contributed by atoms with E-state index in [1.165, 1.54) is 18.2 Å². The first-order chi connectivity index (χ1) is 7.34. The van der Waals surface area contributed by atoms with Crippen LogP contribution in [0, 0.1) is 0 Å². The molecule has 0 heterocycles. The van der Waals surface area contributed by atoms with Crippen molar-refractivity contribution in [3.63, 3.8) is 0 Å². The van der Waals surface area contributed by atoms with Crippen LogP contribution < -0.4 is 16.8 Å². The highest BCUT2D eigenvalue weighted by atomic mass is 19.4. The van der Waals surface area contributed by atoms with Crippen molar-refractivity contribution in [2.75, 3.05) is 16.8 Å².